The first kappa shape index (κ1) is 11.6. The van der Waals surface area contributed by atoms with Gasteiger partial charge in [-0.05, 0) is 37.8 Å². The second-order valence-corrected chi connectivity index (χ2v) is 5.33. The zero-order valence-electron chi connectivity index (χ0n) is 10.4. The van der Waals surface area contributed by atoms with E-state index in [-0.39, 0.29) is 11.8 Å². The van der Waals surface area contributed by atoms with Crippen LogP contribution >= 0.6 is 0 Å². The van der Waals surface area contributed by atoms with E-state index in [1.807, 2.05) is 0 Å². The van der Waals surface area contributed by atoms with Gasteiger partial charge in [0.05, 0.1) is 12.7 Å². The molecule has 1 saturated heterocycles. The average Bonchev–Trinajstić information content (AvgIpc) is 2.85. The summed E-state index contributed by atoms with van der Waals surface area (Å²) in [6.45, 7) is 3.44. The zero-order chi connectivity index (χ0) is 12.4. The molecule has 1 amide bonds. The van der Waals surface area contributed by atoms with Gasteiger partial charge in [-0.15, -0.1) is 5.10 Å². The molecule has 0 bridgehead atoms. The number of nitrogens with zero attached hydrogens (tertiary/aromatic N) is 3. The molecule has 1 spiro atoms. The van der Waals surface area contributed by atoms with E-state index in [1.165, 1.54) is 0 Å². The summed E-state index contributed by atoms with van der Waals surface area (Å²) in [6, 6.07) is 0. The van der Waals surface area contributed by atoms with Gasteiger partial charge in [-0.2, -0.15) is 0 Å². The molecule has 1 aliphatic heterocycles. The summed E-state index contributed by atoms with van der Waals surface area (Å²) in [5, 5.41) is 14.0. The van der Waals surface area contributed by atoms with Crippen molar-refractivity contribution in [3.8, 4) is 0 Å². The lowest BCUT2D eigenvalue weighted by Crippen LogP contribution is -2.34. The first-order valence-electron chi connectivity index (χ1n) is 6.63. The molecule has 98 valence electrons. The van der Waals surface area contributed by atoms with Gasteiger partial charge in [-0.3, -0.25) is 9.48 Å². The molecule has 0 radical (unpaired) electrons. The largest absolute Gasteiger partial charge is 0.354 e. The Kier molecular flexibility index (Phi) is 3.03. The molecule has 1 aliphatic carbocycles. The third-order valence-electron chi connectivity index (χ3n) is 4.22. The fourth-order valence-electron chi connectivity index (χ4n) is 2.96. The molecule has 18 heavy (non-hydrogen) atoms. The summed E-state index contributed by atoms with van der Waals surface area (Å²) in [5.74, 6) is 0.465. The van der Waals surface area contributed by atoms with Gasteiger partial charge < -0.3 is 10.6 Å². The van der Waals surface area contributed by atoms with E-state index >= 15 is 0 Å². The van der Waals surface area contributed by atoms with Crippen molar-refractivity contribution in [2.24, 2.45) is 11.3 Å². The van der Waals surface area contributed by atoms with E-state index in [4.69, 9.17) is 0 Å². The Balaban J connectivity index is 1.43. The first-order chi connectivity index (χ1) is 8.80. The molecule has 1 unspecified atom stereocenters. The summed E-state index contributed by atoms with van der Waals surface area (Å²) in [4.78, 5) is 12.0. The topological polar surface area (TPSA) is 71.8 Å². The molecule has 0 aromatic carbocycles. The second kappa shape index (κ2) is 4.68. The maximum Gasteiger partial charge on any atom is 0.223 e. The predicted molar refractivity (Wildman–Crippen MR) is 65.7 cm³/mol. The lowest BCUT2D eigenvalue weighted by molar-refractivity contribution is -0.123. The van der Waals surface area contributed by atoms with Gasteiger partial charge in [-0.1, -0.05) is 5.21 Å². The molecular weight excluding hydrogens is 230 g/mol. The van der Waals surface area contributed by atoms with Crippen LogP contribution in [0.5, 0.6) is 0 Å². The minimum atomic E-state index is 0.219. The van der Waals surface area contributed by atoms with Gasteiger partial charge in [0.15, 0.2) is 0 Å². The van der Waals surface area contributed by atoms with Crippen molar-refractivity contribution in [2.45, 2.75) is 25.8 Å². The molecule has 2 fully saturated rings. The Bertz CT molecular complexity index is 410. The molecule has 1 saturated carbocycles. The highest BCUT2D eigenvalue weighted by Gasteiger charge is 2.57. The minimum Gasteiger partial charge on any atom is -0.354 e. The van der Waals surface area contributed by atoms with Crippen LogP contribution in [0.25, 0.3) is 0 Å². The SMILES string of the molecule is O=C(NCCn1ccnn1)C1CC12CCNCC2. The van der Waals surface area contributed by atoms with Crippen LogP contribution < -0.4 is 10.6 Å². The van der Waals surface area contributed by atoms with E-state index in [0.717, 1.165) is 32.4 Å². The third-order valence-corrected chi connectivity index (χ3v) is 4.22. The quantitative estimate of drug-likeness (QED) is 0.774. The summed E-state index contributed by atoms with van der Waals surface area (Å²) in [7, 11) is 0. The van der Waals surface area contributed by atoms with Gasteiger partial charge in [0.25, 0.3) is 0 Å². The van der Waals surface area contributed by atoms with Crippen molar-refractivity contribution in [1.29, 1.82) is 0 Å². The van der Waals surface area contributed by atoms with Crippen LogP contribution in [0.1, 0.15) is 19.3 Å². The molecule has 3 rings (SSSR count). The highest BCUT2D eigenvalue weighted by molar-refractivity contribution is 5.82. The Hall–Kier alpha value is -1.43. The average molecular weight is 249 g/mol. The molecular formula is C12H19N5O. The van der Waals surface area contributed by atoms with Crippen LogP contribution in [0.4, 0.5) is 0 Å². The van der Waals surface area contributed by atoms with Gasteiger partial charge in [0.1, 0.15) is 0 Å². The maximum atomic E-state index is 12.0. The van der Waals surface area contributed by atoms with Gasteiger partial charge in [0, 0.05) is 18.7 Å². The molecule has 6 heteroatoms. The zero-order valence-corrected chi connectivity index (χ0v) is 10.4. The number of aromatic nitrogens is 3. The monoisotopic (exact) mass is 249 g/mol. The standard InChI is InChI=1S/C12H19N5O/c18-11(14-5-7-17-8-6-15-16-17)10-9-12(10)1-3-13-4-2-12/h6,8,10,13H,1-5,7,9H2,(H,14,18). The number of carbonyl (C=O) groups is 1. The third kappa shape index (κ3) is 2.25. The van der Waals surface area contributed by atoms with Crippen molar-refractivity contribution >= 4 is 5.91 Å². The van der Waals surface area contributed by atoms with Crippen LogP contribution in [0.2, 0.25) is 0 Å². The number of piperidine rings is 1. The number of nitrogens with one attached hydrogen (secondary N) is 2. The van der Waals surface area contributed by atoms with E-state index in [9.17, 15) is 4.79 Å². The number of carbonyl (C=O) groups excluding carboxylic acids is 1. The second-order valence-electron chi connectivity index (χ2n) is 5.33. The fourth-order valence-corrected chi connectivity index (χ4v) is 2.96. The number of hydrogen-bond donors (Lipinski definition) is 2. The minimum absolute atomic E-state index is 0.219. The molecule has 2 heterocycles. The fraction of sp³-hybridized carbons (Fsp3) is 0.750. The highest BCUT2D eigenvalue weighted by Crippen LogP contribution is 2.58. The predicted octanol–water partition coefficient (Wildman–Crippen LogP) is -0.216. The molecule has 1 aromatic heterocycles. The normalized spacial score (nSPS) is 25.0. The Morgan fingerprint density at radius 3 is 3.06 bits per heavy atom. The maximum absolute atomic E-state index is 12.0. The van der Waals surface area contributed by atoms with Crippen LogP contribution in [0.3, 0.4) is 0 Å². The van der Waals surface area contributed by atoms with Crippen molar-refractivity contribution in [2.75, 3.05) is 19.6 Å². The van der Waals surface area contributed by atoms with Crippen LogP contribution in [0, 0.1) is 11.3 Å². The van der Waals surface area contributed by atoms with E-state index in [2.05, 4.69) is 20.9 Å². The van der Waals surface area contributed by atoms with Crippen molar-refractivity contribution in [3.05, 3.63) is 12.4 Å². The smallest absolute Gasteiger partial charge is 0.223 e. The summed E-state index contributed by atoms with van der Waals surface area (Å²) in [6.07, 6.45) is 6.82. The summed E-state index contributed by atoms with van der Waals surface area (Å²) >= 11 is 0. The number of hydrogen-bond acceptors (Lipinski definition) is 4. The van der Waals surface area contributed by atoms with Crippen molar-refractivity contribution < 1.29 is 4.79 Å². The molecule has 2 aliphatic rings. The first-order valence-corrected chi connectivity index (χ1v) is 6.63. The van der Waals surface area contributed by atoms with Crippen LogP contribution in [0.15, 0.2) is 12.4 Å². The summed E-state index contributed by atoms with van der Waals surface area (Å²) in [5.41, 5.74) is 0.322. The Morgan fingerprint density at radius 2 is 2.33 bits per heavy atom. The van der Waals surface area contributed by atoms with Crippen LogP contribution in [-0.4, -0.2) is 40.5 Å². The lowest BCUT2D eigenvalue weighted by atomic mass is 9.92. The van der Waals surface area contributed by atoms with Gasteiger partial charge in [-0.25, -0.2) is 0 Å². The number of amides is 1. The van der Waals surface area contributed by atoms with Crippen molar-refractivity contribution in [3.63, 3.8) is 0 Å². The lowest BCUT2D eigenvalue weighted by Gasteiger charge is -2.23. The Labute approximate surface area is 106 Å². The number of rotatable bonds is 4. The van der Waals surface area contributed by atoms with E-state index < -0.39 is 0 Å². The molecule has 1 aromatic rings. The molecule has 2 N–H and O–H groups in total. The van der Waals surface area contributed by atoms with Gasteiger partial charge in [0.2, 0.25) is 5.91 Å². The molecule has 1 atom stereocenters. The highest BCUT2D eigenvalue weighted by atomic mass is 16.2. The summed E-state index contributed by atoms with van der Waals surface area (Å²) < 4.78 is 1.73. The van der Waals surface area contributed by atoms with Crippen LogP contribution in [-0.2, 0) is 11.3 Å². The Morgan fingerprint density at radius 1 is 1.50 bits per heavy atom. The molecule has 6 nitrogen and oxygen atoms in total. The van der Waals surface area contributed by atoms with Crippen molar-refractivity contribution in [1.82, 2.24) is 25.6 Å². The van der Waals surface area contributed by atoms with E-state index in [0.29, 0.717) is 18.5 Å². The van der Waals surface area contributed by atoms with E-state index in [1.54, 1.807) is 17.1 Å². The van der Waals surface area contributed by atoms with Gasteiger partial charge >= 0.3 is 0 Å².